The summed E-state index contributed by atoms with van der Waals surface area (Å²) in [6.07, 6.45) is 1.60. The minimum atomic E-state index is -4.46. The fourth-order valence-corrected chi connectivity index (χ4v) is 4.62. The second kappa shape index (κ2) is 6.86. The Bertz CT molecular complexity index is 804. The highest BCUT2D eigenvalue weighted by Crippen LogP contribution is 2.44. The van der Waals surface area contributed by atoms with Crippen molar-refractivity contribution >= 4 is 23.3 Å². The molecule has 2 heterocycles. The Kier molecular flexibility index (Phi) is 4.63. The van der Waals surface area contributed by atoms with Crippen molar-refractivity contribution in [3.63, 3.8) is 0 Å². The average molecular weight is 394 g/mol. The molecule has 2 aliphatic heterocycles. The highest BCUT2D eigenvalue weighted by molar-refractivity contribution is 6.05. The van der Waals surface area contributed by atoms with E-state index in [2.05, 4.69) is 9.98 Å². The van der Waals surface area contributed by atoms with E-state index in [0.29, 0.717) is 31.6 Å². The van der Waals surface area contributed by atoms with Gasteiger partial charge in [0.15, 0.2) is 0 Å². The molecule has 1 saturated heterocycles. The molecule has 3 aliphatic rings. The van der Waals surface area contributed by atoms with Crippen molar-refractivity contribution in [2.75, 3.05) is 22.9 Å². The molecule has 1 aliphatic carbocycles. The standard InChI is InChI=1S/C19H25F3N6/c20-19(21,22)14-12-13(6-7-15(14)27-10-4-5-11-27)28-17(24)25-16(23)26-18(28)8-2-1-3-9-18/h6-7,12H,1-5,8-11H2,(H4,23,24,25,26). The topological polar surface area (TPSA) is 83.2 Å². The average Bonchev–Trinajstić information content (AvgIpc) is 3.15. The number of guanidine groups is 2. The number of benzene rings is 1. The van der Waals surface area contributed by atoms with E-state index >= 15 is 0 Å². The maximum atomic E-state index is 13.9. The van der Waals surface area contributed by atoms with E-state index in [1.807, 2.05) is 0 Å². The van der Waals surface area contributed by atoms with Gasteiger partial charge < -0.3 is 16.4 Å². The largest absolute Gasteiger partial charge is 0.418 e. The number of aliphatic imine (C=N–C) groups is 2. The summed E-state index contributed by atoms with van der Waals surface area (Å²) in [5, 5.41) is 0. The van der Waals surface area contributed by atoms with Crippen molar-refractivity contribution in [3.8, 4) is 0 Å². The van der Waals surface area contributed by atoms with Gasteiger partial charge in [-0.15, -0.1) is 0 Å². The molecule has 0 radical (unpaired) electrons. The number of rotatable bonds is 2. The molecule has 9 heteroatoms. The summed E-state index contributed by atoms with van der Waals surface area (Å²) < 4.78 is 41.7. The van der Waals surface area contributed by atoms with Crippen LogP contribution in [-0.2, 0) is 6.18 Å². The van der Waals surface area contributed by atoms with Crippen molar-refractivity contribution in [2.45, 2.75) is 56.8 Å². The monoisotopic (exact) mass is 394 g/mol. The van der Waals surface area contributed by atoms with Crippen LogP contribution in [0.15, 0.2) is 28.2 Å². The van der Waals surface area contributed by atoms with Crippen LogP contribution in [-0.4, -0.2) is 30.7 Å². The van der Waals surface area contributed by atoms with Crippen molar-refractivity contribution in [1.82, 2.24) is 0 Å². The molecule has 1 spiro atoms. The minimum Gasteiger partial charge on any atom is -0.371 e. The Morgan fingerprint density at radius 1 is 0.964 bits per heavy atom. The van der Waals surface area contributed by atoms with Crippen LogP contribution in [0.3, 0.4) is 0 Å². The summed E-state index contributed by atoms with van der Waals surface area (Å²) in [6, 6.07) is 4.43. The Balaban J connectivity index is 1.80. The first kappa shape index (κ1) is 18.9. The summed E-state index contributed by atoms with van der Waals surface area (Å²) in [6.45, 7) is 1.28. The summed E-state index contributed by atoms with van der Waals surface area (Å²) in [5.41, 5.74) is 11.2. The van der Waals surface area contributed by atoms with Crippen LogP contribution >= 0.6 is 0 Å². The molecule has 0 aromatic heterocycles. The zero-order valence-electron chi connectivity index (χ0n) is 15.7. The minimum absolute atomic E-state index is 0.0837. The third-order valence-corrected chi connectivity index (χ3v) is 5.84. The molecular formula is C19H25F3N6. The van der Waals surface area contributed by atoms with Crippen LogP contribution in [0.5, 0.6) is 0 Å². The molecule has 1 aromatic carbocycles. The predicted molar refractivity (Wildman–Crippen MR) is 104 cm³/mol. The van der Waals surface area contributed by atoms with Crippen LogP contribution < -0.4 is 21.3 Å². The maximum absolute atomic E-state index is 13.9. The van der Waals surface area contributed by atoms with Crippen molar-refractivity contribution in [2.24, 2.45) is 21.5 Å². The van der Waals surface area contributed by atoms with Gasteiger partial charge in [-0.3, -0.25) is 4.90 Å². The van der Waals surface area contributed by atoms with E-state index in [9.17, 15) is 13.2 Å². The summed E-state index contributed by atoms with van der Waals surface area (Å²) in [4.78, 5) is 12.0. The molecule has 2 fully saturated rings. The van der Waals surface area contributed by atoms with Gasteiger partial charge in [0.25, 0.3) is 0 Å². The lowest BCUT2D eigenvalue weighted by Gasteiger charge is -2.45. The van der Waals surface area contributed by atoms with Crippen molar-refractivity contribution in [3.05, 3.63) is 23.8 Å². The summed E-state index contributed by atoms with van der Waals surface area (Å²) >= 11 is 0. The molecule has 1 saturated carbocycles. The van der Waals surface area contributed by atoms with E-state index in [4.69, 9.17) is 11.5 Å². The highest BCUT2D eigenvalue weighted by Gasteiger charge is 2.44. The van der Waals surface area contributed by atoms with Crippen LogP contribution in [0.25, 0.3) is 0 Å². The van der Waals surface area contributed by atoms with Gasteiger partial charge >= 0.3 is 6.18 Å². The van der Waals surface area contributed by atoms with Gasteiger partial charge in [-0.2, -0.15) is 18.2 Å². The van der Waals surface area contributed by atoms with E-state index < -0.39 is 17.4 Å². The zero-order chi connectivity index (χ0) is 19.9. The lowest BCUT2D eigenvalue weighted by molar-refractivity contribution is -0.137. The molecule has 0 amide bonds. The van der Waals surface area contributed by atoms with Gasteiger partial charge in [0.2, 0.25) is 11.9 Å². The second-order valence-electron chi connectivity index (χ2n) is 7.71. The second-order valence-corrected chi connectivity index (χ2v) is 7.71. The Morgan fingerprint density at radius 3 is 2.29 bits per heavy atom. The van der Waals surface area contributed by atoms with Crippen molar-refractivity contribution < 1.29 is 13.2 Å². The number of nitrogens with two attached hydrogens (primary N) is 2. The summed E-state index contributed by atoms with van der Waals surface area (Å²) in [7, 11) is 0. The molecule has 4 rings (SSSR count). The Morgan fingerprint density at radius 2 is 1.64 bits per heavy atom. The van der Waals surface area contributed by atoms with Gasteiger partial charge in [0.1, 0.15) is 5.66 Å². The molecule has 4 N–H and O–H groups in total. The smallest absolute Gasteiger partial charge is 0.371 e. The van der Waals surface area contributed by atoms with Gasteiger partial charge in [-0.05, 0) is 56.7 Å². The SMILES string of the molecule is NC1=NC2(CCCCC2)N(c2ccc(N3CCCC3)c(C(F)(F)F)c2)C(N)=N1. The molecule has 1 aromatic rings. The number of anilines is 2. The first-order valence-corrected chi connectivity index (χ1v) is 9.76. The number of alkyl halides is 3. The Labute approximate surface area is 162 Å². The number of nitrogens with zero attached hydrogens (tertiary/aromatic N) is 4. The number of hydrogen-bond acceptors (Lipinski definition) is 6. The molecule has 0 bridgehead atoms. The predicted octanol–water partition coefficient (Wildman–Crippen LogP) is 3.42. The normalized spacial score (nSPS) is 22.4. The van der Waals surface area contributed by atoms with E-state index in [1.54, 1.807) is 21.9 Å². The van der Waals surface area contributed by atoms with Crippen molar-refractivity contribution in [1.29, 1.82) is 0 Å². The molecule has 152 valence electrons. The van der Waals surface area contributed by atoms with Gasteiger partial charge in [-0.25, -0.2) is 4.99 Å². The van der Waals surface area contributed by atoms with Crippen LogP contribution in [0.1, 0.15) is 50.5 Å². The molecule has 6 nitrogen and oxygen atoms in total. The third-order valence-electron chi connectivity index (χ3n) is 5.84. The van der Waals surface area contributed by atoms with E-state index in [-0.39, 0.29) is 17.6 Å². The molecule has 0 atom stereocenters. The first-order chi connectivity index (χ1) is 13.3. The van der Waals surface area contributed by atoms with Crippen LogP contribution in [0.2, 0.25) is 0 Å². The third kappa shape index (κ3) is 3.27. The fourth-order valence-electron chi connectivity index (χ4n) is 4.62. The van der Waals surface area contributed by atoms with Gasteiger partial charge in [-0.1, -0.05) is 6.42 Å². The first-order valence-electron chi connectivity index (χ1n) is 9.76. The van der Waals surface area contributed by atoms with Gasteiger partial charge in [0.05, 0.1) is 5.56 Å². The number of hydrogen-bond donors (Lipinski definition) is 2. The molecule has 28 heavy (non-hydrogen) atoms. The van der Waals surface area contributed by atoms with Crippen LogP contribution in [0.4, 0.5) is 24.5 Å². The molecule has 0 unspecified atom stereocenters. The van der Waals surface area contributed by atoms with Gasteiger partial charge in [0, 0.05) is 24.5 Å². The van der Waals surface area contributed by atoms with Crippen LogP contribution in [0, 0.1) is 0 Å². The highest BCUT2D eigenvalue weighted by atomic mass is 19.4. The zero-order valence-corrected chi connectivity index (χ0v) is 15.7. The quantitative estimate of drug-likeness (QED) is 0.805. The Hall–Kier alpha value is -2.45. The lowest BCUT2D eigenvalue weighted by atomic mass is 9.87. The fraction of sp³-hybridized carbons (Fsp3) is 0.579. The van der Waals surface area contributed by atoms with E-state index in [0.717, 1.165) is 32.1 Å². The lowest BCUT2D eigenvalue weighted by Crippen LogP contribution is -2.58. The van der Waals surface area contributed by atoms with E-state index in [1.165, 1.54) is 6.07 Å². The summed E-state index contributed by atoms with van der Waals surface area (Å²) in [5.74, 6) is 0.178. The number of halogens is 3. The molecular weight excluding hydrogens is 369 g/mol. The maximum Gasteiger partial charge on any atom is 0.418 e.